The van der Waals surface area contributed by atoms with E-state index >= 15 is 0 Å². The van der Waals surface area contributed by atoms with E-state index in [2.05, 4.69) is 39.0 Å². The maximum atomic E-state index is 6.35. The molecule has 0 amide bonds. The van der Waals surface area contributed by atoms with Crippen molar-refractivity contribution in [1.82, 2.24) is 0 Å². The van der Waals surface area contributed by atoms with Crippen LogP contribution in [0, 0.1) is 6.92 Å². The minimum Gasteiger partial charge on any atom is -0.118 e. The largest absolute Gasteiger partial charge is 0.118 e. The van der Waals surface area contributed by atoms with Crippen molar-refractivity contribution >= 4 is 11.6 Å². The molecular formula is C13H17Cl. The van der Waals surface area contributed by atoms with Gasteiger partial charge in [-0.3, -0.25) is 0 Å². The lowest BCUT2D eigenvalue weighted by Gasteiger charge is -2.35. The fourth-order valence-electron chi connectivity index (χ4n) is 2.34. The maximum absolute atomic E-state index is 6.35. The maximum Gasteiger partial charge on any atom is 0.0588 e. The molecule has 0 aromatic heterocycles. The van der Waals surface area contributed by atoms with E-state index in [0.717, 1.165) is 6.42 Å². The van der Waals surface area contributed by atoms with Gasteiger partial charge in [0.05, 0.1) is 5.38 Å². The zero-order chi connectivity index (χ0) is 10.3. The minimum absolute atomic E-state index is 0.220. The molecule has 1 aliphatic carbocycles. The summed E-state index contributed by atoms with van der Waals surface area (Å²) in [6.45, 7) is 6.75. The van der Waals surface area contributed by atoms with Gasteiger partial charge in [-0.25, -0.2) is 0 Å². The van der Waals surface area contributed by atoms with Crippen molar-refractivity contribution < 1.29 is 0 Å². The third kappa shape index (κ3) is 1.56. The Hall–Kier alpha value is -0.490. The van der Waals surface area contributed by atoms with Crippen molar-refractivity contribution in [2.24, 2.45) is 0 Å². The zero-order valence-electron chi connectivity index (χ0n) is 9.10. The molecule has 1 aromatic carbocycles. The van der Waals surface area contributed by atoms with E-state index in [1.165, 1.54) is 23.1 Å². The molecule has 0 bridgehead atoms. The molecule has 1 unspecified atom stereocenters. The minimum atomic E-state index is 0.220. The van der Waals surface area contributed by atoms with Crippen molar-refractivity contribution in [2.45, 2.75) is 44.4 Å². The van der Waals surface area contributed by atoms with E-state index in [0.29, 0.717) is 5.41 Å². The molecule has 0 fully saturated rings. The Kier molecular flexibility index (Phi) is 2.35. The van der Waals surface area contributed by atoms with Gasteiger partial charge in [0.15, 0.2) is 0 Å². The van der Waals surface area contributed by atoms with Gasteiger partial charge in [-0.05, 0) is 36.3 Å². The Balaban J connectivity index is 2.57. The number of hydrogen-bond acceptors (Lipinski definition) is 0. The molecule has 2 rings (SSSR count). The van der Waals surface area contributed by atoms with Crippen LogP contribution in [-0.2, 0) is 5.41 Å². The van der Waals surface area contributed by atoms with Gasteiger partial charge in [-0.1, -0.05) is 37.6 Å². The summed E-state index contributed by atoms with van der Waals surface area (Å²) in [6.07, 6.45) is 2.29. The van der Waals surface area contributed by atoms with E-state index in [1.807, 2.05) is 0 Å². The van der Waals surface area contributed by atoms with Crippen LogP contribution in [0.4, 0.5) is 0 Å². The molecule has 1 aliphatic rings. The second-order valence-corrected chi connectivity index (χ2v) is 5.51. The quantitative estimate of drug-likeness (QED) is 0.557. The molecule has 76 valence electrons. The molecule has 14 heavy (non-hydrogen) atoms. The first-order chi connectivity index (χ1) is 6.50. The number of aryl methyl sites for hydroxylation is 1. The normalized spacial score (nSPS) is 24.4. The fraction of sp³-hybridized carbons (Fsp3) is 0.538. The van der Waals surface area contributed by atoms with Gasteiger partial charge in [-0.15, -0.1) is 11.6 Å². The summed E-state index contributed by atoms with van der Waals surface area (Å²) in [5, 5.41) is 0.220. The van der Waals surface area contributed by atoms with Crippen molar-refractivity contribution in [1.29, 1.82) is 0 Å². The summed E-state index contributed by atoms with van der Waals surface area (Å²) >= 11 is 6.35. The number of fused-ring (bicyclic) bond motifs is 1. The molecule has 0 saturated heterocycles. The summed E-state index contributed by atoms with van der Waals surface area (Å²) in [6, 6.07) is 6.68. The molecule has 0 radical (unpaired) electrons. The summed E-state index contributed by atoms with van der Waals surface area (Å²) in [5.74, 6) is 0. The number of rotatable bonds is 0. The first-order valence-corrected chi connectivity index (χ1v) is 5.69. The van der Waals surface area contributed by atoms with Gasteiger partial charge >= 0.3 is 0 Å². The lowest BCUT2D eigenvalue weighted by molar-refractivity contribution is 0.426. The van der Waals surface area contributed by atoms with Crippen LogP contribution >= 0.6 is 11.6 Å². The first kappa shape index (κ1) is 10.0. The Bertz CT molecular complexity index is 352. The van der Waals surface area contributed by atoms with Gasteiger partial charge in [0.25, 0.3) is 0 Å². The number of alkyl halides is 1. The third-order valence-electron chi connectivity index (χ3n) is 3.30. The highest BCUT2D eigenvalue weighted by Crippen LogP contribution is 2.44. The van der Waals surface area contributed by atoms with Gasteiger partial charge in [0.2, 0.25) is 0 Å². The predicted molar refractivity (Wildman–Crippen MR) is 62.0 cm³/mol. The van der Waals surface area contributed by atoms with Crippen molar-refractivity contribution in [3.63, 3.8) is 0 Å². The highest BCUT2D eigenvalue weighted by molar-refractivity contribution is 6.21. The van der Waals surface area contributed by atoms with Gasteiger partial charge in [0, 0.05) is 0 Å². The molecule has 0 N–H and O–H groups in total. The van der Waals surface area contributed by atoms with Gasteiger partial charge in [-0.2, -0.15) is 0 Å². The zero-order valence-corrected chi connectivity index (χ0v) is 9.86. The smallest absolute Gasteiger partial charge is 0.0588 e. The van der Waals surface area contributed by atoms with E-state index < -0.39 is 0 Å². The predicted octanol–water partition coefficient (Wildman–Crippen LogP) is 4.35. The van der Waals surface area contributed by atoms with E-state index in [4.69, 9.17) is 11.6 Å². The topological polar surface area (TPSA) is 0 Å². The second-order valence-electron chi connectivity index (χ2n) is 4.98. The van der Waals surface area contributed by atoms with Crippen molar-refractivity contribution in [2.75, 3.05) is 0 Å². The number of hydrogen-bond donors (Lipinski definition) is 0. The lowest BCUT2D eigenvalue weighted by atomic mass is 9.72. The molecule has 0 heterocycles. The van der Waals surface area contributed by atoms with Crippen LogP contribution in [-0.4, -0.2) is 0 Å². The fourth-order valence-corrected chi connectivity index (χ4v) is 2.63. The SMILES string of the molecule is Cc1ccc2c(c1)C(Cl)CCC2(C)C. The Morgan fingerprint density at radius 3 is 2.79 bits per heavy atom. The van der Waals surface area contributed by atoms with E-state index in [-0.39, 0.29) is 5.38 Å². The highest BCUT2D eigenvalue weighted by Gasteiger charge is 2.31. The van der Waals surface area contributed by atoms with Crippen LogP contribution in [0.25, 0.3) is 0 Å². The average Bonchev–Trinajstić information content (AvgIpc) is 2.12. The van der Waals surface area contributed by atoms with Crippen molar-refractivity contribution in [3.8, 4) is 0 Å². The lowest BCUT2D eigenvalue weighted by Crippen LogP contribution is -2.24. The third-order valence-corrected chi connectivity index (χ3v) is 3.75. The van der Waals surface area contributed by atoms with Gasteiger partial charge in [0.1, 0.15) is 0 Å². The summed E-state index contributed by atoms with van der Waals surface area (Å²) in [5.41, 5.74) is 4.40. The molecule has 1 heteroatoms. The van der Waals surface area contributed by atoms with Crippen LogP contribution in [0.1, 0.15) is 48.8 Å². The van der Waals surface area contributed by atoms with Crippen LogP contribution in [0.2, 0.25) is 0 Å². The molecule has 0 nitrogen and oxygen atoms in total. The molecule has 0 spiro atoms. The second kappa shape index (κ2) is 3.27. The molecule has 1 atom stereocenters. The van der Waals surface area contributed by atoms with E-state index in [1.54, 1.807) is 0 Å². The molecule has 1 aromatic rings. The summed E-state index contributed by atoms with van der Waals surface area (Å²) in [7, 11) is 0. The van der Waals surface area contributed by atoms with Crippen LogP contribution in [0.5, 0.6) is 0 Å². The Morgan fingerprint density at radius 1 is 1.36 bits per heavy atom. The van der Waals surface area contributed by atoms with Gasteiger partial charge < -0.3 is 0 Å². The Morgan fingerprint density at radius 2 is 2.07 bits per heavy atom. The standard InChI is InChI=1S/C13H17Cl/c1-9-4-5-11-10(8-9)12(14)6-7-13(11,2)3/h4-5,8,12H,6-7H2,1-3H3. The Labute approximate surface area is 91.3 Å². The molecule has 0 aliphatic heterocycles. The average molecular weight is 209 g/mol. The first-order valence-electron chi connectivity index (χ1n) is 5.26. The summed E-state index contributed by atoms with van der Waals surface area (Å²) < 4.78 is 0. The summed E-state index contributed by atoms with van der Waals surface area (Å²) in [4.78, 5) is 0. The molecule has 0 saturated carbocycles. The van der Waals surface area contributed by atoms with Crippen LogP contribution in [0.3, 0.4) is 0 Å². The monoisotopic (exact) mass is 208 g/mol. The van der Waals surface area contributed by atoms with Crippen molar-refractivity contribution in [3.05, 3.63) is 34.9 Å². The van der Waals surface area contributed by atoms with Crippen LogP contribution in [0.15, 0.2) is 18.2 Å². The van der Waals surface area contributed by atoms with E-state index in [9.17, 15) is 0 Å². The number of benzene rings is 1. The number of halogens is 1. The highest BCUT2D eigenvalue weighted by atomic mass is 35.5. The van der Waals surface area contributed by atoms with Crippen LogP contribution < -0.4 is 0 Å². The molecular weight excluding hydrogens is 192 g/mol.